The van der Waals surface area contributed by atoms with Gasteiger partial charge in [0.1, 0.15) is 19.3 Å². The number of amides is 1. The van der Waals surface area contributed by atoms with Crippen LogP contribution in [-0.4, -0.2) is 84.6 Å². The van der Waals surface area contributed by atoms with Gasteiger partial charge >= 0.3 is 7.82 Å². The Morgan fingerprint density at radius 2 is 0.803 bits per heavy atom. The van der Waals surface area contributed by atoms with Crippen molar-refractivity contribution < 1.29 is 38.0 Å². The van der Waals surface area contributed by atoms with Crippen LogP contribution in [0.4, 0.5) is 0 Å². The molecule has 0 aliphatic rings. The summed E-state index contributed by atoms with van der Waals surface area (Å²) in [6.07, 6.45) is 63.1. The van der Waals surface area contributed by atoms with E-state index in [0.29, 0.717) is 23.9 Å². The molecule has 0 spiro atoms. The Balaban J connectivity index is 3.98. The number of nitrogens with one attached hydrogen (secondary N) is 1. The number of nitrogens with zero attached hydrogens (tertiary/aromatic N) is 1. The van der Waals surface area contributed by atoms with Gasteiger partial charge in [-0.05, 0) is 51.4 Å². The Morgan fingerprint density at radius 3 is 1.17 bits per heavy atom. The molecule has 4 atom stereocenters. The van der Waals surface area contributed by atoms with Crippen LogP contribution in [0.3, 0.4) is 0 Å². The van der Waals surface area contributed by atoms with E-state index in [4.69, 9.17) is 9.05 Å². The summed E-state index contributed by atoms with van der Waals surface area (Å²) in [5.74, 6) is -0.267. The van der Waals surface area contributed by atoms with Crippen molar-refractivity contribution in [2.75, 3.05) is 40.9 Å². The maximum Gasteiger partial charge on any atom is 0.472 e. The van der Waals surface area contributed by atoms with Crippen LogP contribution in [0.5, 0.6) is 0 Å². The molecule has 0 aromatic carbocycles. The molecule has 0 bridgehead atoms. The molecule has 4 unspecified atom stereocenters. The molecule has 0 aliphatic carbocycles. The molecular formula is C61H122N2O7P+. The van der Waals surface area contributed by atoms with E-state index in [1.54, 1.807) is 0 Å². The summed E-state index contributed by atoms with van der Waals surface area (Å²) in [6.45, 7) is 4.58. The summed E-state index contributed by atoms with van der Waals surface area (Å²) in [7, 11) is 1.42. The summed E-state index contributed by atoms with van der Waals surface area (Å²) in [5, 5.41) is 24.8. The van der Waals surface area contributed by atoms with Gasteiger partial charge in [0.05, 0.1) is 39.9 Å². The third kappa shape index (κ3) is 53.6. The van der Waals surface area contributed by atoms with Gasteiger partial charge in [-0.25, -0.2) is 4.57 Å². The third-order valence-corrected chi connectivity index (χ3v) is 15.3. The average Bonchev–Trinajstić information content (AvgIpc) is 3.33. The van der Waals surface area contributed by atoms with Crippen LogP contribution < -0.4 is 5.32 Å². The van der Waals surface area contributed by atoms with Gasteiger partial charge in [-0.15, -0.1) is 0 Å². The molecule has 0 saturated heterocycles. The Labute approximate surface area is 441 Å². The van der Waals surface area contributed by atoms with E-state index in [1.807, 2.05) is 21.1 Å². The number of hydrogen-bond donors (Lipinski definition) is 4. The maximum atomic E-state index is 13.0. The molecular weight excluding hydrogens is 904 g/mol. The molecule has 0 fully saturated rings. The van der Waals surface area contributed by atoms with Crippen LogP contribution in [0.2, 0.25) is 0 Å². The highest BCUT2D eigenvalue weighted by atomic mass is 31.2. The minimum atomic E-state index is -4.43. The van der Waals surface area contributed by atoms with Crippen molar-refractivity contribution in [3.63, 3.8) is 0 Å². The summed E-state index contributed by atoms with van der Waals surface area (Å²) in [5.41, 5.74) is 0. The van der Waals surface area contributed by atoms with Crippen molar-refractivity contribution in [1.29, 1.82) is 0 Å². The fourth-order valence-corrected chi connectivity index (χ4v) is 10.1. The minimum Gasteiger partial charge on any atom is -0.390 e. The van der Waals surface area contributed by atoms with Crippen molar-refractivity contribution in [1.82, 2.24) is 5.32 Å². The van der Waals surface area contributed by atoms with Crippen LogP contribution in [0.15, 0.2) is 24.3 Å². The number of carbonyl (C=O) groups is 1. The minimum absolute atomic E-state index is 0.0159. The lowest BCUT2D eigenvalue weighted by molar-refractivity contribution is -0.870. The second-order valence-corrected chi connectivity index (χ2v) is 24.0. The number of quaternary nitrogens is 1. The standard InChI is InChI=1S/C61H121N2O7P/c1-6-8-10-12-14-16-18-20-21-22-23-24-25-26-27-28-29-30-31-32-33-34-35-36-37-38-39-40-41-42-44-46-48-50-52-54-60(65)62-58(57-70-71(67,68)69-56-55-63(3,4)5)61(66)59(64)53-51-49-47-45-43-19-17-15-13-11-9-7-2/h15,17,45,47,58-59,61,64,66H,6-14,16,18-44,46,48-57H2,1-5H3,(H-,62,65,67,68)/p+1/b17-15+,47-45+. The molecule has 9 nitrogen and oxygen atoms in total. The number of aliphatic hydroxyl groups is 2. The van der Waals surface area contributed by atoms with Crippen LogP contribution in [-0.2, 0) is 18.4 Å². The van der Waals surface area contributed by atoms with E-state index >= 15 is 0 Å². The fourth-order valence-electron chi connectivity index (χ4n) is 9.40. The first-order chi connectivity index (χ1) is 34.4. The SMILES string of the molecule is CCCCC/C=C/CC/C=C/CCCC(O)C(O)C(COP(=O)(O)OCC[N+](C)(C)C)NC(=O)CCCCCCCCCCCCCCCCCCCCCCCCCCCCCCCCCCCCC. The summed E-state index contributed by atoms with van der Waals surface area (Å²) in [4.78, 5) is 23.3. The quantitative estimate of drug-likeness (QED) is 0.0207. The van der Waals surface area contributed by atoms with Crippen LogP contribution >= 0.6 is 7.82 Å². The van der Waals surface area contributed by atoms with E-state index in [2.05, 4.69) is 43.5 Å². The van der Waals surface area contributed by atoms with Gasteiger partial charge < -0.3 is 24.9 Å². The molecule has 0 aromatic rings. The van der Waals surface area contributed by atoms with Crippen molar-refractivity contribution in [2.24, 2.45) is 0 Å². The zero-order valence-corrected chi connectivity index (χ0v) is 48.7. The largest absolute Gasteiger partial charge is 0.472 e. The van der Waals surface area contributed by atoms with Crippen molar-refractivity contribution in [2.45, 2.75) is 321 Å². The lowest BCUT2D eigenvalue weighted by Crippen LogP contribution is -2.51. The van der Waals surface area contributed by atoms with Gasteiger partial charge in [0.25, 0.3) is 0 Å². The molecule has 0 aliphatic heterocycles. The number of hydrogen-bond acceptors (Lipinski definition) is 6. The Hall–Kier alpha value is -1.06. The van der Waals surface area contributed by atoms with Crippen molar-refractivity contribution in [3.05, 3.63) is 24.3 Å². The van der Waals surface area contributed by atoms with Crippen LogP contribution in [0.25, 0.3) is 0 Å². The van der Waals surface area contributed by atoms with Gasteiger partial charge in [-0.2, -0.15) is 0 Å². The number of phosphoric acid groups is 1. The van der Waals surface area contributed by atoms with E-state index in [0.717, 1.165) is 44.9 Å². The smallest absolute Gasteiger partial charge is 0.390 e. The van der Waals surface area contributed by atoms with Gasteiger partial charge in [0.2, 0.25) is 5.91 Å². The molecule has 0 radical (unpaired) electrons. The zero-order chi connectivity index (χ0) is 52.2. The summed E-state index contributed by atoms with van der Waals surface area (Å²) < 4.78 is 23.6. The van der Waals surface area contributed by atoms with Crippen molar-refractivity contribution in [3.8, 4) is 0 Å². The lowest BCUT2D eigenvalue weighted by Gasteiger charge is -2.28. The first kappa shape index (κ1) is 69.9. The second kappa shape index (κ2) is 52.4. The van der Waals surface area contributed by atoms with E-state index < -0.39 is 32.7 Å². The number of carbonyl (C=O) groups excluding carboxylic acids is 1. The number of phosphoric ester groups is 1. The highest BCUT2D eigenvalue weighted by molar-refractivity contribution is 7.47. The number of allylic oxidation sites excluding steroid dienone is 4. The van der Waals surface area contributed by atoms with Crippen LogP contribution in [0, 0.1) is 0 Å². The third-order valence-electron chi connectivity index (χ3n) is 14.3. The number of unbranched alkanes of at least 4 members (excludes halogenated alkanes) is 39. The second-order valence-electron chi connectivity index (χ2n) is 22.6. The van der Waals surface area contributed by atoms with E-state index in [9.17, 15) is 24.5 Å². The first-order valence-corrected chi connectivity index (χ1v) is 32.3. The maximum absolute atomic E-state index is 13.0. The molecule has 4 N–H and O–H groups in total. The fraction of sp³-hybridized carbons (Fsp3) is 0.918. The lowest BCUT2D eigenvalue weighted by atomic mass is 10.0. The highest BCUT2D eigenvalue weighted by Crippen LogP contribution is 2.43. The number of rotatable bonds is 57. The van der Waals surface area contributed by atoms with Gasteiger partial charge in [-0.3, -0.25) is 13.8 Å². The molecule has 0 aromatic heterocycles. The Morgan fingerprint density at radius 1 is 0.479 bits per heavy atom. The number of likely N-dealkylation sites (N-methyl/N-ethyl adjacent to an activating group) is 1. The summed E-state index contributed by atoms with van der Waals surface area (Å²) >= 11 is 0. The molecule has 0 rings (SSSR count). The predicted octanol–water partition coefficient (Wildman–Crippen LogP) is 17.7. The van der Waals surface area contributed by atoms with Crippen LogP contribution in [0.1, 0.15) is 303 Å². The monoisotopic (exact) mass is 1030 g/mol. The summed E-state index contributed by atoms with van der Waals surface area (Å²) in [6, 6.07) is -1.05. The Bertz CT molecular complexity index is 1230. The Kier molecular flexibility index (Phi) is 51.6. The molecule has 0 heterocycles. The molecule has 1 amide bonds. The number of aliphatic hydroxyl groups excluding tert-OH is 2. The molecule has 71 heavy (non-hydrogen) atoms. The first-order valence-electron chi connectivity index (χ1n) is 30.8. The normalized spacial score (nSPS) is 14.4. The topological polar surface area (TPSA) is 125 Å². The molecule has 0 saturated carbocycles. The van der Waals surface area contributed by atoms with Crippen molar-refractivity contribution >= 4 is 13.7 Å². The van der Waals surface area contributed by atoms with E-state index in [1.165, 1.54) is 225 Å². The average molecular weight is 1030 g/mol. The zero-order valence-electron chi connectivity index (χ0n) is 47.9. The molecule has 10 heteroatoms. The van der Waals surface area contributed by atoms with Gasteiger partial charge in [0.15, 0.2) is 0 Å². The van der Waals surface area contributed by atoms with Gasteiger partial charge in [-0.1, -0.05) is 269 Å². The van der Waals surface area contributed by atoms with Gasteiger partial charge in [0, 0.05) is 6.42 Å². The predicted molar refractivity (Wildman–Crippen MR) is 306 cm³/mol. The molecule has 422 valence electrons. The van der Waals surface area contributed by atoms with E-state index in [-0.39, 0.29) is 18.9 Å². The highest BCUT2D eigenvalue weighted by Gasteiger charge is 2.32.